The number of nitrogens with zero attached hydrogens (tertiary/aromatic N) is 2. The van der Waals surface area contributed by atoms with Gasteiger partial charge < -0.3 is 9.47 Å². The highest BCUT2D eigenvalue weighted by Crippen LogP contribution is 2.41. The van der Waals surface area contributed by atoms with E-state index in [1.807, 2.05) is 0 Å². The lowest BCUT2D eigenvalue weighted by molar-refractivity contribution is 0.770. The molecule has 1 unspecified atom stereocenters. The third kappa shape index (κ3) is 5.79. The Morgan fingerprint density at radius 2 is 0.926 bits per heavy atom. The van der Waals surface area contributed by atoms with Crippen molar-refractivity contribution in [3.63, 3.8) is 0 Å². The maximum absolute atomic E-state index is 2.47. The van der Waals surface area contributed by atoms with Gasteiger partial charge >= 0.3 is 0 Å². The Morgan fingerprint density at radius 3 is 1.54 bits per heavy atom. The van der Waals surface area contributed by atoms with Crippen molar-refractivity contribution >= 4 is 44.6 Å². The molecule has 0 spiro atoms. The van der Waals surface area contributed by atoms with E-state index in [2.05, 4.69) is 222 Å². The van der Waals surface area contributed by atoms with Gasteiger partial charge in [-0.1, -0.05) is 152 Å². The largest absolute Gasteiger partial charge is 0.313 e. The van der Waals surface area contributed by atoms with E-state index >= 15 is 0 Å². The second kappa shape index (κ2) is 13.6. The monoisotopic (exact) mass is 690 g/mol. The fourth-order valence-electron chi connectivity index (χ4n) is 8.20. The van der Waals surface area contributed by atoms with E-state index in [9.17, 15) is 0 Å². The molecule has 10 rings (SSSR count). The Balaban J connectivity index is 1.02. The zero-order valence-corrected chi connectivity index (χ0v) is 29.9. The minimum atomic E-state index is 0.423. The average molecular weight is 691 g/mol. The molecule has 2 heteroatoms. The summed E-state index contributed by atoms with van der Waals surface area (Å²) >= 11 is 0. The van der Waals surface area contributed by atoms with Gasteiger partial charge in [-0.05, 0) is 106 Å². The van der Waals surface area contributed by atoms with Crippen LogP contribution in [-0.2, 0) is 0 Å². The maximum atomic E-state index is 2.47. The standard InChI is InChI=1S/C52H38N2/c1-3-11-37(12-4-1)40-19-27-45(28-20-40)53(46-29-21-41(22-30-46)38-13-5-2-6-14-38)47-31-23-42(24-32-47)44-26-34-52-50(36-44)49-17-9-10-18-51(49)54(52)48-33-25-39-15-7-8-16-43(39)35-48/h1-34,36,43H,35H2. The van der Waals surface area contributed by atoms with Crippen molar-refractivity contribution < 1.29 is 0 Å². The van der Waals surface area contributed by atoms with Crippen LogP contribution >= 0.6 is 0 Å². The summed E-state index contributed by atoms with van der Waals surface area (Å²) in [6.07, 6.45) is 14.5. The predicted octanol–water partition coefficient (Wildman–Crippen LogP) is 14.2. The van der Waals surface area contributed by atoms with Gasteiger partial charge in [-0.15, -0.1) is 0 Å². The molecule has 2 aliphatic rings. The van der Waals surface area contributed by atoms with E-state index in [1.165, 1.54) is 66.5 Å². The molecule has 0 bridgehead atoms. The first-order chi connectivity index (χ1) is 26.8. The molecule has 1 aromatic heterocycles. The summed E-state index contributed by atoms with van der Waals surface area (Å²) in [5.41, 5.74) is 15.8. The van der Waals surface area contributed by atoms with Gasteiger partial charge in [0.15, 0.2) is 0 Å². The molecule has 0 amide bonds. The summed E-state index contributed by atoms with van der Waals surface area (Å²) in [6, 6.07) is 63.7. The van der Waals surface area contributed by atoms with Crippen LogP contribution in [0.1, 0.15) is 6.42 Å². The van der Waals surface area contributed by atoms with E-state index in [-0.39, 0.29) is 0 Å². The van der Waals surface area contributed by atoms with E-state index in [1.54, 1.807) is 0 Å². The van der Waals surface area contributed by atoms with Crippen molar-refractivity contribution in [1.29, 1.82) is 0 Å². The van der Waals surface area contributed by atoms with Crippen LogP contribution in [0, 0.1) is 5.92 Å². The Kier molecular flexibility index (Phi) is 8.00. The molecule has 0 saturated heterocycles. The molecule has 0 aliphatic heterocycles. The van der Waals surface area contributed by atoms with E-state index in [0.717, 1.165) is 23.5 Å². The van der Waals surface area contributed by atoms with Gasteiger partial charge in [-0.3, -0.25) is 0 Å². The number of hydrogen-bond donors (Lipinski definition) is 0. The van der Waals surface area contributed by atoms with Gasteiger partial charge in [-0.2, -0.15) is 0 Å². The zero-order chi connectivity index (χ0) is 35.8. The summed E-state index contributed by atoms with van der Waals surface area (Å²) in [4.78, 5) is 2.35. The Morgan fingerprint density at radius 1 is 0.426 bits per heavy atom. The van der Waals surface area contributed by atoms with E-state index in [4.69, 9.17) is 0 Å². The summed E-state index contributed by atoms with van der Waals surface area (Å²) < 4.78 is 2.47. The lowest BCUT2D eigenvalue weighted by Crippen LogP contribution is -2.10. The number of rotatable bonds is 7. The van der Waals surface area contributed by atoms with Crippen molar-refractivity contribution in [1.82, 2.24) is 4.57 Å². The molecule has 2 nitrogen and oxygen atoms in total. The minimum absolute atomic E-state index is 0.423. The predicted molar refractivity (Wildman–Crippen MR) is 229 cm³/mol. The number of hydrogen-bond acceptors (Lipinski definition) is 1. The number of allylic oxidation sites excluding steroid dienone is 8. The van der Waals surface area contributed by atoms with Crippen LogP contribution in [-0.4, -0.2) is 4.57 Å². The number of para-hydroxylation sites is 1. The van der Waals surface area contributed by atoms with Crippen molar-refractivity contribution in [3.05, 3.63) is 218 Å². The average Bonchev–Trinajstić information content (AvgIpc) is 3.59. The topological polar surface area (TPSA) is 8.17 Å². The van der Waals surface area contributed by atoms with Crippen LogP contribution in [0.5, 0.6) is 0 Å². The summed E-state index contributed by atoms with van der Waals surface area (Å²) in [5, 5.41) is 2.56. The number of anilines is 3. The molecular weight excluding hydrogens is 653 g/mol. The van der Waals surface area contributed by atoms with E-state index in [0.29, 0.717) is 5.92 Å². The molecule has 8 aromatic rings. The molecule has 54 heavy (non-hydrogen) atoms. The second-order valence-electron chi connectivity index (χ2n) is 14.2. The fourth-order valence-corrected chi connectivity index (χ4v) is 8.20. The molecule has 0 saturated carbocycles. The highest BCUT2D eigenvalue weighted by Gasteiger charge is 2.21. The van der Waals surface area contributed by atoms with Gasteiger partial charge in [0.1, 0.15) is 0 Å². The van der Waals surface area contributed by atoms with Gasteiger partial charge in [0.2, 0.25) is 0 Å². The normalized spacial score (nSPS) is 14.9. The molecule has 1 heterocycles. The van der Waals surface area contributed by atoms with Crippen LogP contribution < -0.4 is 4.90 Å². The first-order valence-electron chi connectivity index (χ1n) is 18.8. The fraction of sp³-hybridized carbons (Fsp3) is 0.0385. The quantitative estimate of drug-likeness (QED) is 0.162. The smallest absolute Gasteiger partial charge is 0.0538 e. The Labute approximate surface area is 316 Å². The van der Waals surface area contributed by atoms with Crippen molar-refractivity contribution in [3.8, 4) is 33.4 Å². The van der Waals surface area contributed by atoms with Crippen LogP contribution in [0.4, 0.5) is 17.1 Å². The lowest BCUT2D eigenvalue weighted by Gasteiger charge is -2.26. The molecule has 2 aliphatic carbocycles. The molecule has 1 atom stereocenters. The van der Waals surface area contributed by atoms with Crippen LogP contribution in [0.3, 0.4) is 0 Å². The molecule has 256 valence electrons. The number of aromatic nitrogens is 1. The molecule has 0 N–H and O–H groups in total. The highest BCUT2D eigenvalue weighted by atomic mass is 15.1. The lowest BCUT2D eigenvalue weighted by atomic mass is 9.86. The third-order valence-electron chi connectivity index (χ3n) is 11.0. The number of benzene rings is 7. The van der Waals surface area contributed by atoms with E-state index < -0.39 is 0 Å². The number of fused-ring (bicyclic) bond motifs is 4. The molecule has 0 fully saturated rings. The first-order valence-corrected chi connectivity index (χ1v) is 18.8. The third-order valence-corrected chi connectivity index (χ3v) is 11.0. The molecule has 7 aromatic carbocycles. The zero-order valence-electron chi connectivity index (χ0n) is 29.9. The first kappa shape index (κ1) is 31.8. The molecule has 0 radical (unpaired) electrons. The minimum Gasteiger partial charge on any atom is -0.313 e. The SMILES string of the molecule is C1=CC2=CC=C(n3c4ccccc4c4cc(-c5ccc(N(c6ccc(-c7ccccc7)cc6)c6ccc(-c7ccccc7)cc6)cc5)ccc43)CC2C=C1. The van der Waals surface area contributed by atoms with Gasteiger partial charge in [-0.25, -0.2) is 0 Å². The highest BCUT2D eigenvalue weighted by molar-refractivity contribution is 6.11. The second-order valence-corrected chi connectivity index (χ2v) is 14.2. The summed E-state index contributed by atoms with van der Waals surface area (Å²) in [6.45, 7) is 0. The van der Waals surface area contributed by atoms with Crippen LogP contribution in [0.25, 0.3) is 60.9 Å². The summed E-state index contributed by atoms with van der Waals surface area (Å²) in [7, 11) is 0. The van der Waals surface area contributed by atoms with Gasteiger partial charge in [0.05, 0.1) is 11.0 Å². The summed E-state index contributed by atoms with van der Waals surface area (Å²) in [5.74, 6) is 0.423. The van der Waals surface area contributed by atoms with Crippen molar-refractivity contribution in [2.45, 2.75) is 6.42 Å². The Hall–Kier alpha value is -6.90. The van der Waals surface area contributed by atoms with Gasteiger partial charge in [0.25, 0.3) is 0 Å². The Bertz CT molecular complexity index is 2660. The maximum Gasteiger partial charge on any atom is 0.0538 e. The van der Waals surface area contributed by atoms with Crippen LogP contribution in [0.2, 0.25) is 0 Å². The van der Waals surface area contributed by atoms with Crippen LogP contribution in [0.15, 0.2) is 218 Å². The van der Waals surface area contributed by atoms with Crippen molar-refractivity contribution in [2.75, 3.05) is 4.90 Å². The molecular formula is C52H38N2. The van der Waals surface area contributed by atoms with Crippen molar-refractivity contribution in [2.24, 2.45) is 5.92 Å². The van der Waals surface area contributed by atoms with Gasteiger partial charge in [0, 0.05) is 39.4 Å².